The van der Waals surface area contributed by atoms with Gasteiger partial charge in [-0.15, -0.1) is 0 Å². The first-order chi connectivity index (χ1) is 6.82. The van der Waals surface area contributed by atoms with Crippen LogP contribution in [0, 0.1) is 0 Å². The molecule has 0 amide bonds. The van der Waals surface area contributed by atoms with E-state index in [0.29, 0.717) is 0 Å². The zero-order chi connectivity index (χ0) is 12.2. The van der Waals surface area contributed by atoms with Crippen LogP contribution in [0.15, 0.2) is 0 Å². The van der Waals surface area contributed by atoms with Gasteiger partial charge in [0.05, 0.1) is 6.61 Å². The van der Waals surface area contributed by atoms with Crippen LogP contribution >= 0.6 is 0 Å². The van der Waals surface area contributed by atoms with Crippen LogP contribution < -0.4 is 0 Å². The minimum Gasteiger partial charge on any atom is -0.479 e. The minimum atomic E-state index is -2.29. The van der Waals surface area contributed by atoms with Gasteiger partial charge in [-0.3, -0.25) is 0 Å². The molecule has 0 aromatic heterocycles. The van der Waals surface area contributed by atoms with Crippen molar-refractivity contribution >= 4 is 5.97 Å². The molecule has 1 radical (unpaired) electrons. The van der Waals surface area contributed by atoms with Crippen molar-refractivity contribution in [3.05, 3.63) is 0 Å². The molecule has 0 aliphatic carbocycles. The second kappa shape index (κ2) is 8.04. The predicted octanol–water partition coefficient (Wildman–Crippen LogP) is -4.13. The summed E-state index contributed by atoms with van der Waals surface area (Å²) in [4.78, 5) is 10.2. The first-order valence-electron chi connectivity index (χ1n) is 4.07. The molecule has 7 N–H and O–H groups in total. The van der Waals surface area contributed by atoms with Crippen molar-refractivity contribution < 1.29 is 60.6 Å². The molecule has 0 aromatic rings. The van der Waals surface area contributed by atoms with Crippen LogP contribution in [-0.2, 0) is 24.9 Å². The summed E-state index contributed by atoms with van der Waals surface area (Å²) in [5.41, 5.74) is 0. The third-order valence-electron chi connectivity index (χ3n) is 1.86. The van der Waals surface area contributed by atoms with E-state index in [9.17, 15) is 4.79 Å². The maximum Gasteiger partial charge on any atom is 0.335 e. The van der Waals surface area contributed by atoms with Gasteiger partial charge in [0.1, 0.15) is 24.4 Å². The van der Waals surface area contributed by atoms with Crippen LogP contribution in [0.2, 0.25) is 0 Å². The van der Waals surface area contributed by atoms with Gasteiger partial charge in [-0.1, -0.05) is 0 Å². The minimum absolute atomic E-state index is 0. The molecule has 8 nitrogen and oxygen atoms in total. The summed E-state index contributed by atoms with van der Waals surface area (Å²) in [5.74, 6) is -1.78. The number of carboxylic acids is 1. The standard InChI is InChI=1S/C7H14O8.Tc/c8-1-2(9)3(10)4(11)5(12)6(13)7(14)15;/h2-6,8-13H,1H2,(H,14,15);/t2-,3-,4+,5-,6-;/m0./s1/i;1+1. The van der Waals surface area contributed by atoms with E-state index in [1.54, 1.807) is 0 Å². The Balaban J connectivity index is 0. The Hall–Kier alpha value is -0.121. The second-order valence-electron chi connectivity index (χ2n) is 3.00. The number of rotatable bonds is 6. The van der Waals surface area contributed by atoms with E-state index in [1.807, 2.05) is 0 Å². The molecule has 0 saturated carbocycles. The molecule has 16 heavy (non-hydrogen) atoms. The fraction of sp³-hybridized carbons (Fsp3) is 0.857. The van der Waals surface area contributed by atoms with Crippen LogP contribution in [0.3, 0.4) is 0 Å². The molecule has 0 spiro atoms. The van der Waals surface area contributed by atoms with Crippen molar-refractivity contribution in [1.29, 1.82) is 0 Å². The first-order valence-corrected chi connectivity index (χ1v) is 4.07. The summed E-state index contributed by atoms with van der Waals surface area (Å²) in [6.45, 7) is -0.881. The average molecular weight is 325 g/mol. The number of carboxylic acid groups (broad SMARTS) is 1. The number of aliphatic hydroxyl groups excluding tert-OH is 6. The van der Waals surface area contributed by atoms with E-state index in [-0.39, 0.29) is 20.1 Å². The smallest absolute Gasteiger partial charge is 0.335 e. The number of aliphatic carboxylic acids is 1. The molecule has 0 aliphatic heterocycles. The molecule has 97 valence electrons. The van der Waals surface area contributed by atoms with Gasteiger partial charge in [0.2, 0.25) is 0 Å². The van der Waals surface area contributed by atoms with E-state index < -0.39 is 43.1 Å². The molecule has 0 rings (SSSR count). The molecular weight excluding hydrogens is 311 g/mol. The van der Waals surface area contributed by atoms with Crippen molar-refractivity contribution in [1.82, 2.24) is 0 Å². The zero-order valence-corrected chi connectivity index (χ0v) is 9.87. The van der Waals surface area contributed by atoms with E-state index in [4.69, 9.17) is 35.7 Å². The monoisotopic (exact) mass is 325 g/mol. The maximum absolute atomic E-state index is 10.2. The maximum atomic E-state index is 10.2. The Labute approximate surface area is 104 Å². The van der Waals surface area contributed by atoms with Crippen LogP contribution in [0.25, 0.3) is 0 Å². The van der Waals surface area contributed by atoms with Gasteiger partial charge in [-0.2, -0.15) is 0 Å². The SMILES string of the molecule is O=C(O)[C@@H](O)[C@@H](O)[C@H](O)[C@@H](O)[C@@H](O)CO.[99Tc]. The Kier molecular flexibility index (Phi) is 9.17. The summed E-state index contributed by atoms with van der Waals surface area (Å²) < 4.78 is 0. The third-order valence-corrected chi connectivity index (χ3v) is 1.86. The number of hydrogen-bond donors (Lipinski definition) is 7. The third kappa shape index (κ3) is 4.81. The summed E-state index contributed by atoms with van der Waals surface area (Å²) in [7, 11) is 0. The summed E-state index contributed by atoms with van der Waals surface area (Å²) in [6.07, 6.45) is -10.2. The van der Waals surface area contributed by atoms with E-state index in [1.165, 1.54) is 0 Å². The van der Waals surface area contributed by atoms with Crippen LogP contribution in [-0.4, -0.2) is 78.8 Å². The van der Waals surface area contributed by atoms with Crippen molar-refractivity contribution in [3.63, 3.8) is 0 Å². The number of carbonyl (C=O) groups is 1. The van der Waals surface area contributed by atoms with Gasteiger partial charge >= 0.3 is 5.97 Å². The summed E-state index contributed by atoms with van der Waals surface area (Å²) >= 11 is 0. The van der Waals surface area contributed by atoms with Gasteiger partial charge in [0.15, 0.2) is 6.10 Å². The molecule has 9 heteroatoms. The fourth-order valence-corrected chi connectivity index (χ4v) is 0.870. The molecule has 0 aliphatic rings. The van der Waals surface area contributed by atoms with Crippen molar-refractivity contribution in [2.24, 2.45) is 0 Å². The first kappa shape index (κ1) is 18.2. The second-order valence-corrected chi connectivity index (χ2v) is 3.00. The Morgan fingerprint density at radius 3 is 1.69 bits per heavy atom. The van der Waals surface area contributed by atoms with Crippen LogP contribution in [0.4, 0.5) is 0 Å². The van der Waals surface area contributed by atoms with Crippen molar-refractivity contribution in [2.75, 3.05) is 6.61 Å². The van der Waals surface area contributed by atoms with Crippen LogP contribution in [0.5, 0.6) is 0 Å². The molecular formula is C7H14O8Tc. The zero-order valence-electron chi connectivity index (χ0n) is 8.01. The number of hydrogen-bond acceptors (Lipinski definition) is 7. The quantitative estimate of drug-likeness (QED) is 0.259. The van der Waals surface area contributed by atoms with Gasteiger partial charge in [0.25, 0.3) is 0 Å². The van der Waals surface area contributed by atoms with E-state index >= 15 is 0 Å². The normalized spacial score (nSPS) is 20.1. The molecule has 0 unspecified atom stereocenters. The molecule has 0 bridgehead atoms. The van der Waals surface area contributed by atoms with Crippen LogP contribution in [0.1, 0.15) is 0 Å². The summed E-state index contributed by atoms with van der Waals surface area (Å²) in [5, 5.41) is 61.5. The Bertz CT molecular complexity index is 213. The van der Waals surface area contributed by atoms with E-state index in [0.717, 1.165) is 0 Å². The van der Waals surface area contributed by atoms with Gasteiger partial charge < -0.3 is 35.7 Å². The van der Waals surface area contributed by atoms with Gasteiger partial charge in [-0.05, 0) is 0 Å². The topological polar surface area (TPSA) is 159 Å². The summed E-state index contributed by atoms with van der Waals surface area (Å²) in [6, 6.07) is 0. The number of aliphatic hydroxyl groups is 6. The Morgan fingerprint density at radius 1 is 0.938 bits per heavy atom. The van der Waals surface area contributed by atoms with Gasteiger partial charge in [0, 0.05) is 20.1 Å². The molecule has 0 aromatic carbocycles. The molecule has 5 atom stereocenters. The Morgan fingerprint density at radius 2 is 1.38 bits per heavy atom. The largest absolute Gasteiger partial charge is 0.479 e. The molecule has 0 fully saturated rings. The van der Waals surface area contributed by atoms with Crippen molar-refractivity contribution in [2.45, 2.75) is 30.5 Å². The molecule has 0 saturated heterocycles. The van der Waals surface area contributed by atoms with E-state index in [2.05, 4.69) is 0 Å². The molecule has 0 heterocycles. The average Bonchev–Trinajstić information content (AvgIpc) is 2.23. The van der Waals surface area contributed by atoms with Crippen molar-refractivity contribution in [3.8, 4) is 0 Å². The van der Waals surface area contributed by atoms with Gasteiger partial charge in [-0.25, -0.2) is 4.79 Å². The predicted molar refractivity (Wildman–Crippen MR) is 44.8 cm³/mol. The fourth-order valence-electron chi connectivity index (χ4n) is 0.870.